The summed E-state index contributed by atoms with van der Waals surface area (Å²) in [7, 11) is 0. The van der Waals surface area contributed by atoms with E-state index in [1.165, 1.54) is 28.8 Å². The summed E-state index contributed by atoms with van der Waals surface area (Å²) in [5.41, 5.74) is 2.79. The van der Waals surface area contributed by atoms with E-state index in [0.29, 0.717) is 0 Å². The Kier molecular flexibility index (Phi) is 6.22. The molecule has 144 valence electrons. The van der Waals surface area contributed by atoms with Gasteiger partial charge in [-0.25, -0.2) is 0 Å². The highest BCUT2D eigenvalue weighted by atomic mass is 32.1. The first-order valence-electron chi connectivity index (χ1n) is 10.2. The molecular formula is C22H29N3OS. The molecule has 0 bridgehead atoms. The van der Waals surface area contributed by atoms with Gasteiger partial charge in [0.2, 0.25) is 0 Å². The fourth-order valence-electron chi connectivity index (χ4n) is 4.03. The number of nitrogens with zero attached hydrogens (tertiary/aromatic N) is 2. The number of carbonyl (C=O) groups excluding carboxylic acids is 1. The Morgan fingerprint density at radius 3 is 2.52 bits per heavy atom. The van der Waals surface area contributed by atoms with E-state index < -0.39 is 0 Å². The second-order valence-corrected chi connectivity index (χ2v) is 8.76. The van der Waals surface area contributed by atoms with Crippen LogP contribution in [-0.4, -0.2) is 55.0 Å². The summed E-state index contributed by atoms with van der Waals surface area (Å²) in [4.78, 5) is 19.7. The third-order valence-corrected chi connectivity index (χ3v) is 6.88. The summed E-state index contributed by atoms with van der Waals surface area (Å²) in [6.45, 7) is 7.07. The van der Waals surface area contributed by atoms with Crippen molar-refractivity contribution >= 4 is 17.2 Å². The van der Waals surface area contributed by atoms with Crippen LogP contribution in [0.4, 0.5) is 0 Å². The molecule has 1 saturated heterocycles. The molecule has 0 saturated carbocycles. The van der Waals surface area contributed by atoms with Gasteiger partial charge in [0.05, 0.1) is 4.88 Å². The Morgan fingerprint density at radius 1 is 1.00 bits per heavy atom. The first kappa shape index (κ1) is 18.7. The molecule has 2 aliphatic rings. The molecule has 5 heteroatoms. The highest BCUT2D eigenvalue weighted by molar-refractivity contribution is 7.14. The molecule has 0 unspecified atom stereocenters. The van der Waals surface area contributed by atoms with Crippen molar-refractivity contribution in [2.75, 3.05) is 39.3 Å². The highest BCUT2D eigenvalue weighted by Crippen LogP contribution is 2.29. The number of nitrogens with one attached hydrogen (secondary N) is 1. The van der Waals surface area contributed by atoms with Crippen molar-refractivity contribution in [2.45, 2.75) is 32.2 Å². The zero-order chi connectivity index (χ0) is 18.5. The zero-order valence-corrected chi connectivity index (χ0v) is 16.8. The molecule has 2 aromatic rings. The molecule has 1 aromatic heterocycles. The molecule has 0 spiro atoms. The maximum atomic E-state index is 12.4. The van der Waals surface area contributed by atoms with Crippen LogP contribution in [0.3, 0.4) is 0 Å². The fraction of sp³-hybridized carbons (Fsp3) is 0.500. The van der Waals surface area contributed by atoms with E-state index in [4.69, 9.17) is 0 Å². The van der Waals surface area contributed by atoms with E-state index in [-0.39, 0.29) is 5.91 Å². The van der Waals surface area contributed by atoms with Gasteiger partial charge >= 0.3 is 0 Å². The van der Waals surface area contributed by atoms with Gasteiger partial charge in [0.25, 0.3) is 5.91 Å². The Hall–Kier alpha value is -1.69. The molecule has 2 heterocycles. The van der Waals surface area contributed by atoms with Gasteiger partial charge in [-0.1, -0.05) is 30.3 Å². The molecule has 1 aromatic carbocycles. The third kappa shape index (κ3) is 4.98. The maximum Gasteiger partial charge on any atom is 0.261 e. The molecule has 27 heavy (non-hydrogen) atoms. The van der Waals surface area contributed by atoms with E-state index in [2.05, 4.69) is 51.5 Å². The van der Waals surface area contributed by atoms with Crippen molar-refractivity contribution in [1.29, 1.82) is 0 Å². The lowest BCUT2D eigenvalue weighted by Crippen LogP contribution is -2.48. The maximum absolute atomic E-state index is 12.4. The van der Waals surface area contributed by atoms with Crippen LogP contribution in [0.25, 0.3) is 0 Å². The van der Waals surface area contributed by atoms with Crippen LogP contribution >= 0.6 is 11.3 Å². The molecule has 4 nitrogen and oxygen atoms in total. The summed E-state index contributed by atoms with van der Waals surface area (Å²) >= 11 is 1.70. The first-order chi connectivity index (χ1) is 13.3. The van der Waals surface area contributed by atoms with Crippen LogP contribution in [0.1, 0.15) is 38.5 Å². The predicted molar refractivity (Wildman–Crippen MR) is 111 cm³/mol. The minimum atomic E-state index is 0.108. The van der Waals surface area contributed by atoms with Gasteiger partial charge in [-0.2, -0.15) is 0 Å². The van der Waals surface area contributed by atoms with Gasteiger partial charge in [-0.05, 0) is 42.9 Å². The molecular weight excluding hydrogens is 354 g/mol. The molecule has 0 radical (unpaired) electrons. The van der Waals surface area contributed by atoms with Crippen molar-refractivity contribution in [3.8, 4) is 0 Å². The number of thiophene rings is 1. The van der Waals surface area contributed by atoms with Crippen molar-refractivity contribution in [3.05, 3.63) is 57.3 Å². The summed E-state index contributed by atoms with van der Waals surface area (Å²) in [6, 6.07) is 12.8. The topological polar surface area (TPSA) is 35.6 Å². The Bertz CT molecular complexity index is 727. The Labute approximate surface area is 166 Å². The molecule has 1 fully saturated rings. The summed E-state index contributed by atoms with van der Waals surface area (Å²) in [6.07, 6.45) is 4.83. The van der Waals surface area contributed by atoms with Gasteiger partial charge in [-0.3, -0.25) is 14.6 Å². The van der Waals surface area contributed by atoms with Gasteiger partial charge < -0.3 is 5.32 Å². The molecule has 1 N–H and O–H groups in total. The largest absolute Gasteiger partial charge is 0.350 e. The van der Waals surface area contributed by atoms with Gasteiger partial charge in [-0.15, -0.1) is 11.3 Å². The third-order valence-electron chi connectivity index (χ3n) is 5.65. The summed E-state index contributed by atoms with van der Waals surface area (Å²) < 4.78 is 0. The quantitative estimate of drug-likeness (QED) is 0.832. The number of amides is 1. The first-order valence-corrected chi connectivity index (χ1v) is 11.0. The molecule has 0 atom stereocenters. The number of rotatable bonds is 6. The van der Waals surface area contributed by atoms with Crippen LogP contribution in [-0.2, 0) is 19.4 Å². The van der Waals surface area contributed by atoms with Crippen LogP contribution in [0, 0.1) is 0 Å². The lowest BCUT2D eigenvalue weighted by Gasteiger charge is -2.34. The number of hydrogen-bond acceptors (Lipinski definition) is 4. The van der Waals surface area contributed by atoms with Crippen LogP contribution in [0.5, 0.6) is 0 Å². The fourth-order valence-corrected chi connectivity index (χ4v) is 5.20. The smallest absolute Gasteiger partial charge is 0.261 e. The minimum absolute atomic E-state index is 0.108. The Balaban J connectivity index is 1.17. The van der Waals surface area contributed by atoms with Gasteiger partial charge in [0, 0.05) is 50.7 Å². The lowest BCUT2D eigenvalue weighted by atomic mass is 9.99. The van der Waals surface area contributed by atoms with Crippen LogP contribution in [0.2, 0.25) is 0 Å². The van der Waals surface area contributed by atoms with E-state index in [0.717, 1.165) is 63.5 Å². The zero-order valence-electron chi connectivity index (χ0n) is 16.0. The average molecular weight is 384 g/mol. The lowest BCUT2D eigenvalue weighted by molar-refractivity contribution is 0.0938. The number of aryl methyl sites for hydroxylation is 2. The van der Waals surface area contributed by atoms with E-state index in [1.807, 2.05) is 0 Å². The van der Waals surface area contributed by atoms with Crippen molar-refractivity contribution in [1.82, 2.24) is 15.1 Å². The predicted octanol–water partition coefficient (Wildman–Crippen LogP) is 3.17. The average Bonchev–Trinajstić information content (AvgIpc) is 3.14. The standard InChI is InChI=1S/C22H29N3OS/c26-22(21-16-19-8-4-5-9-20(19)27-21)23-10-11-24-12-14-25(15-13-24)17-18-6-2-1-3-7-18/h1-3,6-7,16H,4-5,8-15,17H2,(H,23,26). The number of hydrogen-bond donors (Lipinski definition) is 1. The summed E-state index contributed by atoms with van der Waals surface area (Å²) in [5.74, 6) is 0.108. The second-order valence-electron chi connectivity index (χ2n) is 7.63. The van der Waals surface area contributed by atoms with Gasteiger partial charge in [0.1, 0.15) is 0 Å². The number of fused-ring (bicyclic) bond motifs is 1. The minimum Gasteiger partial charge on any atom is -0.350 e. The van der Waals surface area contributed by atoms with Crippen LogP contribution in [0.15, 0.2) is 36.4 Å². The SMILES string of the molecule is O=C(NCCN1CCN(Cc2ccccc2)CC1)c1cc2c(s1)CCCC2. The number of carbonyl (C=O) groups is 1. The van der Waals surface area contributed by atoms with E-state index >= 15 is 0 Å². The van der Waals surface area contributed by atoms with Crippen molar-refractivity contribution in [3.63, 3.8) is 0 Å². The second kappa shape index (κ2) is 9.00. The monoisotopic (exact) mass is 383 g/mol. The summed E-state index contributed by atoms with van der Waals surface area (Å²) in [5, 5.41) is 3.12. The van der Waals surface area contributed by atoms with Crippen LogP contribution < -0.4 is 5.32 Å². The number of piperazine rings is 1. The molecule has 1 aliphatic carbocycles. The van der Waals surface area contributed by atoms with Gasteiger partial charge in [0.15, 0.2) is 0 Å². The highest BCUT2D eigenvalue weighted by Gasteiger charge is 2.19. The molecule has 4 rings (SSSR count). The normalized spacial score (nSPS) is 18.2. The van der Waals surface area contributed by atoms with E-state index in [1.54, 1.807) is 11.3 Å². The van der Waals surface area contributed by atoms with E-state index in [9.17, 15) is 4.79 Å². The molecule has 1 aliphatic heterocycles. The Morgan fingerprint density at radius 2 is 1.74 bits per heavy atom. The van der Waals surface area contributed by atoms with Crippen molar-refractivity contribution in [2.24, 2.45) is 0 Å². The molecule has 1 amide bonds. The number of benzene rings is 1. The van der Waals surface area contributed by atoms with Crippen molar-refractivity contribution < 1.29 is 4.79 Å².